The number of fused-ring (bicyclic) bond motifs is 1. The van der Waals surface area contributed by atoms with E-state index in [9.17, 15) is 19.7 Å². The van der Waals surface area contributed by atoms with Crippen LogP contribution in [0.15, 0.2) is 11.0 Å². The molecular weight excluding hydrogens is 412 g/mol. The first-order chi connectivity index (χ1) is 14.6. The summed E-state index contributed by atoms with van der Waals surface area (Å²) in [5, 5.41) is 13.6. The Morgan fingerprint density at radius 2 is 1.87 bits per heavy atom. The Bertz CT molecular complexity index is 1150. The molecule has 1 aliphatic carbocycles. The first kappa shape index (κ1) is 21.2. The highest BCUT2D eigenvalue weighted by Gasteiger charge is 2.34. The minimum atomic E-state index is -1.09. The maximum absolute atomic E-state index is 15.8. The number of carbonyl (C=O) groups is 1. The maximum Gasteiger partial charge on any atom is 0.266 e. The topological polar surface area (TPSA) is 124 Å². The smallest absolute Gasteiger partial charge is 0.266 e. The fraction of sp³-hybridized carbons (Fsp3) is 0.500. The van der Waals surface area contributed by atoms with Gasteiger partial charge < -0.3 is 20.5 Å². The number of aromatic nitrogens is 1. The minimum absolute atomic E-state index is 0.0211. The third-order valence-electron chi connectivity index (χ3n) is 5.75. The number of Topliss-reactive ketones (excluding diaryl/α,β-unsaturated/α-hetero) is 1. The molecule has 2 aromatic rings. The molecule has 1 aromatic heterocycles. The molecule has 166 valence electrons. The lowest BCUT2D eigenvalue weighted by molar-refractivity contribution is -0.465. The molecule has 0 bridgehead atoms. The second kappa shape index (κ2) is 7.56. The Labute approximate surface area is 176 Å². The number of nitrogens with two attached hydrogens (primary N) is 1. The predicted octanol–water partition coefficient (Wildman–Crippen LogP) is 1.84. The van der Waals surface area contributed by atoms with E-state index in [1.165, 1.54) is 4.57 Å². The zero-order chi connectivity index (χ0) is 22.6. The number of carbonyl (C=O) groups excluding carboxylic acids is 1. The Morgan fingerprint density at radius 1 is 1.26 bits per heavy atom. The number of benzene rings is 1. The van der Waals surface area contributed by atoms with Gasteiger partial charge in [0.1, 0.15) is 5.69 Å². The van der Waals surface area contributed by atoms with Crippen LogP contribution in [0.5, 0.6) is 0 Å². The average molecular weight is 435 g/mol. The van der Waals surface area contributed by atoms with Gasteiger partial charge in [-0.15, -0.1) is 0 Å². The van der Waals surface area contributed by atoms with E-state index in [2.05, 4.69) is 5.32 Å². The SMILES string of the molecule is C[C@@H]1CN(c2c(F)c(N)c3c(=O)c(C(=O)C[N+](=O)[O-])cn(C4CC4)c3c2F)C[C@H](C)N1. The molecule has 2 fully saturated rings. The van der Waals surface area contributed by atoms with Crippen molar-refractivity contribution in [1.29, 1.82) is 0 Å². The second-order valence-electron chi connectivity index (χ2n) is 8.41. The predicted molar refractivity (Wildman–Crippen MR) is 111 cm³/mol. The van der Waals surface area contributed by atoms with Crippen molar-refractivity contribution >= 4 is 28.1 Å². The highest BCUT2D eigenvalue weighted by molar-refractivity contribution is 6.03. The molecule has 2 aliphatic rings. The van der Waals surface area contributed by atoms with E-state index in [-0.39, 0.29) is 29.3 Å². The molecule has 1 saturated heterocycles. The van der Waals surface area contributed by atoms with Crippen molar-refractivity contribution in [1.82, 2.24) is 9.88 Å². The number of nitro groups is 1. The zero-order valence-corrected chi connectivity index (χ0v) is 17.2. The molecule has 0 spiro atoms. The zero-order valence-electron chi connectivity index (χ0n) is 17.2. The number of pyridine rings is 1. The van der Waals surface area contributed by atoms with E-state index in [0.29, 0.717) is 25.9 Å². The summed E-state index contributed by atoms with van der Waals surface area (Å²) in [6, 6.07) is -0.238. The van der Waals surface area contributed by atoms with E-state index in [1.807, 2.05) is 13.8 Å². The number of piperazine rings is 1. The summed E-state index contributed by atoms with van der Waals surface area (Å²) in [5.41, 5.74) is 3.47. The van der Waals surface area contributed by atoms with Crippen molar-refractivity contribution in [3.8, 4) is 0 Å². The van der Waals surface area contributed by atoms with Gasteiger partial charge >= 0.3 is 0 Å². The molecular formula is C20H23F2N5O4. The summed E-state index contributed by atoms with van der Waals surface area (Å²) in [5.74, 6) is -3.01. The van der Waals surface area contributed by atoms with Gasteiger partial charge in [-0.1, -0.05) is 0 Å². The second-order valence-corrected chi connectivity index (χ2v) is 8.41. The molecule has 0 unspecified atom stereocenters. The van der Waals surface area contributed by atoms with Crippen molar-refractivity contribution in [3.63, 3.8) is 0 Å². The van der Waals surface area contributed by atoms with Crippen LogP contribution in [0.4, 0.5) is 20.2 Å². The lowest BCUT2D eigenvalue weighted by Gasteiger charge is -2.38. The number of ketones is 1. The van der Waals surface area contributed by atoms with Crippen molar-refractivity contribution in [2.75, 3.05) is 30.3 Å². The molecule has 9 nitrogen and oxygen atoms in total. The van der Waals surface area contributed by atoms with Crippen molar-refractivity contribution in [2.45, 2.75) is 44.8 Å². The van der Waals surface area contributed by atoms with E-state index in [0.717, 1.165) is 6.20 Å². The van der Waals surface area contributed by atoms with Crippen LogP contribution < -0.4 is 21.4 Å². The number of hydrogen-bond donors (Lipinski definition) is 2. The fourth-order valence-electron chi connectivity index (χ4n) is 4.38. The van der Waals surface area contributed by atoms with Crippen LogP contribution in [0.1, 0.15) is 43.1 Å². The Balaban J connectivity index is 1.99. The number of anilines is 2. The van der Waals surface area contributed by atoms with Gasteiger partial charge in [-0.25, -0.2) is 8.78 Å². The van der Waals surface area contributed by atoms with Gasteiger partial charge in [0.15, 0.2) is 11.6 Å². The molecule has 2 heterocycles. The van der Waals surface area contributed by atoms with Gasteiger partial charge in [-0.3, -0.25) is 19.7 Å². The number of nitrogens with zero attached hydrogens (tertiary/aromatic N) is 3. The molecule has 0 amide bonds. The molecule has 1 aromatic carbocycles. The van der Waals surface area contributed by atoms with E-state index >= 15 is 8.78 Å². The monoisotopic (exact) mass is 435 g/mol. The molecule has 4 rings (SSSR count). The van der Waals surface area contributed by atoms with E-state index < -0.39 is 51.0 Å². The summed E-state index contributed by atoms with van der Waals surface area (Å²) in [6.45, 7) is 3.39. The van der Waals surface area contributed by atoms with Crippen LogP contribution in [-0.4, -0.2) is 47.0 Å². The largest absolute Gasteiger partial charge is 0.396 e. The quantitative estimate of drug-likeness (QED) is 0.318. The molecule has 0 radical (unpaired) electrons. The summed E-state index contributed by atoms with van der Waals surface area (Å²) in [4.78, 5) is 36.7. The first-order valence-electron chi connectivity index (χ1n) is 10.1. The molecule has 11 heteroatoms. The molecule has 2 atom stereocenters. The van der Waals surface area contributed by atoms with Gasteiger partial charge in [0.2, 0.25) is 11.2 Å². The number of hydrogen-bond acceptors (Lipinski definition) is 7. The number of halogens is 2. The van der Waals surface area contributed by atoms with Gasteiger partial charge in [-0.2, -0.15) is 0 Å². The van der Waals surface area contributed by atoms with Crippen molar-refractivity contribution in [2.24, 2.45) is 0 Å². The molecule has 1 aliphatic heterocycles. The normalized spacial score (nSPS) is 21.5. The fourth-order valence-corrected chi connectivity index (χ4v) is 4.38. The van der Waals surface area contributed by atoms with Gasteiger partial charge in [0, 0.05) is 42.3 Å². The highest BCUT2D eigenvalue weighted by Crippen LogP contribution is 2.41. The van der Waals surface area contributed by atoms with Crippen LogP contribution in [0.25, 0.3) is 10.9 Å². The van der Waals surface area contributed by atoms with Crippen molar-refractivity contribution < 1.29 is 18.5 Å². The Hall–Kier alpha value is -3.08. The van der Waals surface area contributed by atoms with E-state index in [1.54, 1.807) is 4.90 Å². The average Bonchev–Trinajstić information content (AvgIpc) is 3.49. The summed E-state index contributed by atoms with van der Waals surface area (Å²) >= 11 is 0. The van der Waals surface area contributed by atoms with E-state index in [4.69, 9.17) is 5.73 Å². The van der Waals surface area contributed by atoms with Gasteiger partial charge in [0.05, 0.1) is 22.2 Å². The van der Waals surface area contributed by atoms with Crippen LogP contribution in [0.2, 0.25) is 0 Å². The molecule has 1 saturated carbocycles. The van der Waals surface area contributed by atoms with Crippen LogP contribution >= 0.6 is 0 Å². The third-order valence-corrected chi connectivity index (χ3v) is 5.75. The maximum atomic E-state index is 15.8. The Morgan fingerprint density at radius 3 is 2.42 bits per heavy atom. The lowest BCUT2D eigenvalue weighted by Crippen LogP contribution is -2.54. The van der Waals surface area contributed by atoms with Gasteiger partial charge in [-0.05, 0) is 26.7 Å². The van der Waals surface area contributed by atoms with Crippen LogP contribution in [0, 0.1) is 21.7 Å². The van der Waals surface area contributed by atoms with Crippen molar-refractivity contribution in [3.05, 3.63) is 43.7 Å². The number of rotatable bonds is 5. The summed E-state index contributed by atoms with van der Waals surface area (Å²) in [6.07, 6.45) is 2.50. The summed E-state index contributed by atoms with van der Waals surface area (Å²) in [7, 11) is 0. The number of nitrogens with one attached hydrogen (secondary N) is 1. The first-order valence-corrected chi connectivity index (χ1v) is 10.1. The van der Waals surface area contributed by atoms with Gasteiger partial charge in [0.25, 0.3) is 6.54 Å². The molecule has 3 N–H and O–H groups in total. The lowest BCUT2D eigenvalue weighted by atomic mass is 10.0. The standard InChI is InChI=1S/C20H23F2N5O4/c1-9-5-25(6-10(2)24-9)19-15(21)17(23)14-18(16(19)22)26(11-3-4-11)7-12(20(14)29)13(28)8-27(30)31/h7,9-11,24H,3-6,8,23H2,1-2H3/t9-,10+. The molecule has 31 heavy (non-hydrogen) atoms. The number of nitrogen functional groups attached to an aromatic ring is 1. The minimum Gasteiger partial charge on any atom is -0.396 e. The van der Waals surface area contributed by atoms with Crippen LogP contribution in [0.3, 0.4) is 0 Å². The third kappa shape index (κ3) is 3.62. The highest BCUT2D eigenvalue weighted by atomic mass is 19.1. The summed E-state index contributed by atoms with van der Waals surface area (Å²) < 4.78 is 32.6. The Kier molecular flexibility index (Phi) is 5.16. The van der Waals surface area contributed by atoms with Crippen LogP contribution in [-0.2, 0) is 0 Å².